The topological polar surface area (TPSA) is 23.8 Å². The van der Waals surface area contributed by atoms with E-state index < -0.39 is 0 Å². The average molecular weight is 189 g/mol. The van der Waals surface area contributed by atoms with E-state index in [1.165, 1.54) is 5.56 Å². The molecule has 0 unspecified atom stereocenters. The van der Waals surface area contributed by atoms with Crippen LogP contribution in [0.4, 0.5) is 0 Å². The molecule has 0 aliphatic heterocycles. The summed E-state index contributed by atoms with van der Waals surface area (Å²) in [7, 11) is 0. The summed E-state index contributed by atoms with van der Waals surface area (Å²) in [4.78, 5) is 0. The van der Waals surface area contributed by atoms with Gasteiger partial charge in [0.15, 0.2) is 0 Å². The highest BCUT2D eigenvalue weighted by Crippen LogP contribution is 2.21. The predicted molar refractivity (Wildman–Crippen MR) is 61.2 cm³/mol. The molecule has 14 heavy (non-hydrogen) atoms. The molecule has 0 amide bonds. The summed E-state index contributed by atoms with van der Waals surface area (Å²) < 4.78 is 0. The molecule has 1 aromatic rings. The van der Waals surface area contributed by atoms with Gasteiger partial charge in [-0.25, -0.2) is 0 Å². The molecule has 0 saturated heterocycles. The van der Waals surface area contributed by atoms with Crippen LogP contribution in [-0.2, 0) is 5.41 Å². The van der Waals surface area contributed by atoms with Crippen molar-refractivity contribution in [3.8, 4) is 6.07 Å². The Kier molecular flexibility index (Phi) is 4.94. The monoisotopic (exact) mass is 189 g/mol. The van der Waals surface area contributed by atoms with Crippen LogP contribution in [0.5, 0.6) is 0 Å². The summed E-state index contributed by atoms with van der Waals surface area (Å²) in [5.41, 5.74) is 2.16. The minimum atomic E-state index is 0.175. The van der Waals surface area contributed by atoms with Gasteiger partial charge in [0.2, 0.25) is 0 Å². The summed E-state index contributed by atoms with van der Waals surface area (Å²) in [6, 6.07) is 9.85. The predicted octanol–water partition coefficient (Wildman–Crippen LogP) is 3.88. The molecule has 0 heterocycles. The first kappa shape index (κ1) is 12.7. The summed E-state index contributed by atoms with van der Waals surface area (Å²) in [6.45, 7) is 10.5. The number of nitrogens with zero attached hydrogens (tertiary/aromatic N) is 1. The van der Waals surface area contributed by atoms with Crippen LogP contribution in [0.3, 0.4) is 0 Å². The van der Waals surface area contributed by atoms with Crippen LogP contribution in [0, 0.1) is 11.3 Å². The van der Waals surface area contributed by atoms with Crippen molar-refractivity contribution in [3.05, 3.63) is 35.4 Å². The number of benzene rings is 1. The molecule has 1 nitrogen and oxygen atoms in total. The Balaban J connectivity index is 0.000000791. The minimum absolute atomic E-state index is 0.175. The van der Waals surface area contributed by atoms with E-state index >= 15 is 0 Å². The highest BCUT2D eigenvalue weighted by atomic mass is 14.2. The van der Waals surface area contributed by atoms with Gasteiger partial charge in [-0.3, -0.25) is 0 Å². The maximum Gasteiger partial charge on any atom is 0.0991 e. The molecule has 0 aliphatic rings. The van der Waals surface area contributed by atoms with E-state index in [4.69, 9.17) is 5.26 Å². The van der Waals surface area contributed by atoms with E-state index in [0.29, 0.717) is 0 Å². The third-order valence-electron chi connectivity index (χ3n) is 1.88. The van der Waals surface area contributed by atoms with Crippen molar-refractivity contribution in [2.24, 2.45) is 0 Å². The second kappa shape index (κ2) is 5.44. The molecule has 0 aromatic heterocycles. The van der Waals surface area contributed by atoms with Gasteiger partial charge in [0.1, 0.15) is 0 Å². The standard InChI is InChI=1S/C11H13N.C2H6/c1-11(2,3)10-6-4-9(8-12)5-7-10;1-2/h4-7H,1-3H3;1-2H3. The summed E-state index contributed by atoms with van der Waals surface area (Å²) in [5, 5.41) is 8.58. The van der Waals surface area contributed by atoms with Crippen molar-refractivity contribution in [1.82, 2.24) is 0 Å². The molecule has 76 valence electrons. The Morgan fingerprint density at radius 3 is 1.71 bits per heavy atom. The van der Waals surface area contributed by atoms with Crippen LogP contribution in [-0.4, -0.2) is 0 Å². The maximum absolute atomic E-state index is 8.58. The van der Waals surface area contributed by atoms with Crippen molar-refractivity contribution >= 4 is 0 Å². The molecule has 0 N–H and O–H groups in total. The second-order valence-corrected chi connectivity index (χ2v) is 3.94. The summed E-state index contributed by atoms with van der Waals surface area (Å²) in [6.07, 6.45) is 0. The Bertz CT molecular complexity index is 295. The Morgan fingerprint density at radius 1 is 1.00 bits per heavy atom. The first-order chi connectivity index (χ1) is 6.54. The number of hydrogen-bond donors (Lipinski definition) is 0. The zero-order valence-electron chi connectivity index (χ0n) is 9.76. The van der Waals surface area contributed by atoms with E-state index in [2.05, 4.69) is 26.8 Å². The Morgan fingerprint density at radius 2 is 1.43 bits per heavy atom. The van der Waals surface area contributed by atoms with E-state index in [-0.39, 0.29) is 5.41 Å². The van der Waals surface area contributed by atoms with E-state index in [1.54, 1.807) is 0 Å². The largest absolute Gasteiger partial charge is 0.192 e. The van der Waals surface area contributed by atoms with Gasteiger partial charge in [0.25, 0.3) is 0 Å². The molecule has 0 bridgehead atoms. The third-order valence-corrected chi connectivity index (χ3v) is 1.88. The van der Waals surface area contributed by atoms with Gasteiger partial charge in [-0.1, -0.05) is 46.8 Å². The highest BCUT2D eigenvalue weighted by molar-refractivity contribution is 5.34. The van der Waals surface area contributed by atoms with E-state index in [0.717, 1.165) is 5.56 Å². The van der Waals surface area contributed by atoms with Crippen LogP contribution in [0.15, 0.2) is 24.3 Å². The van der Waals surface area contributed by atoms with Crippen LogP contribution in [0.1, 0.15) is 45.7 Å². The normalized spacial score (nSPS) is 9.71. The van der Waals surface area contributed by atoms with Gasteiger partial charge >= 0.3 is 0 Å². The van der Waals surface area contributed by atoms with Gasteiger partial charge in [-0.2, -0.15) is 5.26 Å². The lowest BCUT2D eigenvalue weighted by Crippen LogP contribution is -2.10. The highest BCUT2D eigenvalue weighted by Gasteiger charge is 2.12. The van der Waals surface area contributed by atoms with E-state index in [9.17, 15) is 0 Å². The molecule has 1 aromatic carbocycles. The molecule has 1 rings (SSSR count). The maximum atomic E-state index is 8.58. The number of hydrogen-bond acceptors (Lipinski definition) is 1. The minimum Gasteiger partial charge on any atom is -0.192 e. The van der Waals surface area contributed by atoms with Gasteiger partial charge in [-0.15, -0.1) is 0 Å². The lowest BCUT2D eigenvalue weighted by atomic mass is 9.87. The smallest absolute Gasteiger partial charge is 0.0991 e. The molecule has 0 atom stereocenters. The number of nitriles is 1. The average Bonchev–Trinajstić information content (AvgIpc) is 2.20. The first-order valence-electron chi connectivity index (χ1n) is 5.04. The van der Waals surface area contributed by atoms with Gasteiger partial charge in [0, 0.05) is 0 Å². The zero-order chi connectivity index (χ0) is 11.2. The molecular formula is C13H19N. The fraction of sp³-hybridized carbons (Fsp3) is 0.462. The molecule has 0 radical (unpaired) electrons. The van der Waals surface area contributed by atoms with Gasteiger partial charge < -0.3 is 0 Å². The molecule has 0 saturated carbocycles. The SMILES string of the molecule is CC.CC(C)(C)c1ccc(C#N)cc1. The van der Waals surface area contributed by atoms with Crippen LogP contribution < -0.4 is 0 Å². The van der Waals surface area contributed by atoms with Crippen LogP contribution in [0.25, 0.3) is 0 Å². The lowest BCUT2D eigenvalue weighted by Gasteiger charge is -2.18. The van der Waals surface area contributed by atoms with Crippen molar-refractivity contribution < 1.29 is 0 Å². The summed E-state index contributed by atoms with van der Waals surface area (Å²) in [5.74, 6) is 0. The molecule has 1 heteroatoms. The fourth-order valence-corrected chi connectivity index (χ4v) is 1.04. The molecule has 0 fully saturated rings. The van der Waals surface area contributed by atoms with Crippen molar-refractivity contribution in [2.75, 3.05) is 0 Å². The van der Waals surface area contributed by atoms with Crippen LogP contribution >= 0.6 is 0 Å². The molecular weight excluding hydrogens is 170 g/mol. The quantitative estimate of drug-likeness (QED) is 0.607. The first-order valence-corrected chi connectivity index (χ1v) is 5.04. The lowest BCUT2D eigenvalue weighted by molar-refractivity contribution is 0.590. The Hall–Kier alpha value is -1.29. The Labute approximate surface area is 87.4 Å². The van der Waals surface area contributed by atoms with Crippen molar-refractivity contribution in [2.45, 2.75) is 40.0 Å². The molecule has 0 spiro atoms. The third kappa shape index (κ3) is 3.62. The summed E-state index contributed by atoms with van der Waals surface area (Å²) >= 11 is 0. The van der Waals surface area contributed by atoms with Gasteiger partial charge in [0.05, 0.1) is 11.6 Å². The van der Waals surface area contributed by atoms with Crippen LogP contribution in [0.2, 0.25) is 0 Å². The second-order valence-electron chi connectivity index (χ2n) is 3.94. The zero-order valence-corrected chi connectivity index (χ0v) is 9.76. The van der Waals surface area contributed by atoms with Crippen molar-refractivity contribution in [1.29, 1.82) is 5.26 Å². The van der Waals surface area contributed by atoms with Gasteiger partial charge in [-0.05, 0) is 23.1 Å². The fourth-order valence-electron chi connectivity index (χ4n) is 1.04. The number of rotatable bonds is 0. The van der Waals surface area contributed by atoms with Crippen molar-refractivity contribution in [3.63, 3.8) is 0 Å². The molecule has 0 aliphatic carbocycles. The van der Waals surface area contributed by atoms with E-state index in [1.807, 2.05) is 38.1 Å².